The van der Waals surface area contributed by atoms with Crippen LogP contribution in [0, 0.1) is 0 Å². The van der Waals surface area contributed by atoms with E-state index in [0.717, 1.165) is 0 Å². The third kappa shape index (κ3) is 1.86. The molecule has 1 aliphatic heterocycles. The number of hydrogen-bond acceptors (Lipinski definition) is 6. The van der Waals surface area contributed by atoms with Crippen molar-refractivity contribution in [3.63, 3.8) is 0 Å². The van der Waals surface area contributed by atoms with Crippen molar-refractivity contribution in [1.29, 1.82) is 0 Å². The lowest BCUT2D eigenvalue weighted by atomic mass is 9.95. The van der Waals surface area contributed by atoms with Crippen LogP contribution in [-0.2, 0) is 9.53 Å². The highest BCUT2D eigenvalue weighted by molar-refractivity contribution is 5.79. The molecule has 1 amide bonds. The molecule has 0 saturated carbocycles. The van der Waals surface area contributed by atoms with Crippen molar-refractivity contribution in [2.24, 2.45) is 5.73 Å². The van der Waals surface area contributed by atoms with Gasteiger partial charge < -0.3 is 30.9 Å². The van der Waals surface area contributed by atoms with Crippen molar-refractivity contribution in [2.45, 2.75) is 30.5 Å². The summed E-state index contributed by atoms with van der Waals surface area (Å²) in [4.78, 5) is 10.7. The van der Waals surface area contributed by atoms with Crippen molar-refractivity contribution < 1.29 is 30.0 Å². The smallest absolute Gasteiger partial charge is 0.249 e. The molecule has 0 aromatic rings. The molecule has 1 rings (SSSR count). The minimum absolute atomic E-state index is 0.575. The Bertz CT molecular complexity index is 220. The average Bonchev–Trinajstić information content (AvgIpc) is 2.14. The lowest BCUT2D eigenvalue weighted by Gasteiger charge is -2.38. The van der Waals surface area contributed by atoms with Crippen LogP contribution in [0.3, 0.4) is 0 Å². The monoisotopic (exact) mass is 207 g/mol. The molecule has 0 aromatic heterocycles. The summed E-state index contributed by atoms with van der Waals surface area (Å²) < 4.78 is 4.81. The quantitative estimate of drug-likeness (QED) is 0.316. The summed E-state index contributed by atoms with van der Waals surface area (Å²) in [7, 11) is 0. The summed E-state index contributed by atoms with van der Waals surface area (Å²) in [5.41, 5.74) is 4.88. The fourth-order valence-corrected chi connectivity index (χ4v) is 1.34. The molecular weight excluding hydrogens is 194 g/mol. The summed E-state index contributed by atoms with van der Waals surface area (Å²) in [6.07, 6.45) is -7.11. The second-order valence-electron chi connectivity index (χ2n) is 3.15. The van der Waals surface area contributed by atoms with E-state index in [0.29, 0.717) is 0 Å². The highest BCUT2D eigenvalue weighted by Gasteiger charge is 2.45. The fourth-order valence-electron chi connectivity index (χ4n) is 1.34. The Balaban J connectivity index is 2.78. The lowest BCUT2D eigenvalue weighted by Crippen LogP contribution is -2.61. The van der Waals surface area contributed by atoms with E-state index < -0.39 is 43.0 Å². The molecule has 14 heavy (non-hydrogen) atoms. The maximum Gasteiger partial charge on any atom is 0.249 e. The number of amides is 1. The van der Waals surface area contributed by atoms with E-state index in [4.69, 9.17) is 15.6 Å². The van der Waals surface area contributed by atoms with E-state index in [2.05, 4.69) is 0 Å². The van der Waals surface area contributed by atoms with E-state index in [1.165, 1.54) is 0 Å². The van der Waals surface area contributed by atoms with Crippen molar-refractivity contribution in [2.75, 3.05) is 6.61 Å². The second kappa shape index (κ2) is 4.20. The summed E-state index contributed by atoms with van der Waals surface area (Å²) in [5.74, 6) is -0.957. The molecule has 0 aromatic carbocycles. The standard InChI is InChI=1S/C7H13NO6/c8-7(13)6-5(12)4(11)3(10)2(1-9)14-6/h2-6,9-12H,1H2,(H2,8,13)/t2-,3-,4+,5-,6-/m0/s1. The number of ether oxygens (including phenoxy) is 1. The molecule has 1 saturated heterocycles. The van der Waals surface area contributed by atoms with Gasteiger partial charge in [-0.2, -0.15) is 0 Å². The molecule has 1 aliphatic rings. The zero-order valence-electron chi connectivity index (χ0n) is 7.28. The van der Waals surface area contributed by atoms with Gasteiger partial charge in [0.1, 0.15) is 24.4 Å². The molecule has 5 atom stereocenters. The van der Waals surface area contributed by atoms with Crippen molar-refractivity contribution in [1.82, 2.24) is 0 Å². The van der Waals surface area contributed by atoms with E-state index in [-0.39, 0.29) is 0 Å². The highest BCUT2D eigenvalue weighted by Crippen LogP contribution is 2.20. The van der Waals surface area contributed by atoms with E-state index >= 15 is 0 Å². The predicted molar refractivity (Wildman–Crippen MR) is 43.0 cm³/mol. The molecular formula is C7H13NO6. The first-order chi connectivity index (χ1) is 6.49. The van der Waals surface area contributed by atoms with Crippen LogP contribution in [0.25, 0.3) is 0 Å². The molecule has 7 nitrogen and oxygen atoms in total. The lowest BCUT2D eigenvalue weighted by molar-refractivity contribution is -0.225. The van der Waals surface area contributed by atoms with Crippen molar-refractivity contribution in [3.05, 3.63) is 0 Å². The third-order valence-electron chi connectivity index (χ3n) is 2.17. The zero-order valence-corrected chi connectivity index (χ0v) is 7.28. The average molecular weight is 207 g/mol. The first kappa shape index (κ1) is 11.3. The number of aliphatic hydroxyl groups excluding tert-OH is 4. The molecule has 1 fully saturated rings. The van der Waals surface area contributed by atoms with E-state index in [1.807, 2.05) is 0 Å². The van der Waals surface area contributed by atoms with Crippen LogP contribution in [0.2, 0.25) is 0 Å². The third-order valence-corrected chi connectivity index (χ3v) is 2.17. The Morgan fingerprint density at radius 1 is 1.21 bits per heavy atom. The topological polar surface area (TPSA) is 133 Å². The minimum Gasteiger partial charge on any atom is -0.394 e. The Morgan fingerprint density at radius 2 is 1.79 bits per heavy atom. The summed E-state index contributed by atoms with van der Waals surface area (Å²) in [5, 5.41) is 36.5. The van der Waals surface area contributed by atoms with Crippen LogP contribution in [0.15, 0.2) is 0 Å². The van der Waals surface area contributed by atoms with E-state index in [1.54, 1.807) is 0 Å². The van der Waals surface area contributed by atoms with Gasteiger partial charge in [0.15, 0.2) is 6.10 Å². The van der Waals surface area contributed by atoms with Crippen LogP contribution in [0.1, 0.15) is 0 Å². The number of primary amides is 1. The first-order valence-corrected chi connectivity index (χ1v) is 4.09. The van der Waals surface area contributed by atoms with Crippen LogP contribution in [-0.4, -0.2) is 63.5 Å². The van der Waals surface area contributed by atoms with Crippen LogP contribution in [0.4, 0.5) is 0 Å². The maximum absolute atomic E-state index is 10.7. The molecule has 1 heterocycles. The van der Waals surface area contributed by atoms with Gasteiger partial charge in [0.05, 0.1) is 6.61 Å². The fraction of sp³-hybridized carbons (Fsp3) is 0.857. The molecule has 0 spiro atoms. The molecule has 6 N–H and O–H groups in total. The first-order valence-electron chi connectivity index (χ1n) is 4.09. The van der Waals surface area contributed by atoms with Gasteiger partial charge in [-0.3, -0.25) is 4.79 Å². The molecule has 82 valence electrons. The van der Waals surface area contributed by atoms with Gasteiger partial charge in [-0.1, -0.05) is 0 Å². The van der Waals surface area contributed by atoms with Gasteiger partial charge in [0.2, 0.25) is 5.91 Å². The molecule has 0 radical (unpaired) electrons. The maximum atomic E-state index is 10.7. The van der Waals surface area contributed by atoms with Crippen molar-refractivity contribution >= 4 is 5.91 Å². The zero-order chi connectivity index (χ0) is 10.9. The molecule has 0 unspecified atom stereocenters. The molecule has 0 aliphatic carbocycles. The number of carbonyl (C=O) groups excluding carboxylic acids is 1. The molecule has 7 heteroatoms. The summed E-state index contributed by atoms with van der Waals surface area (Å²) >= 11 is 0. The summed E-state index contributed by atoms with van der Waals surface area (Å²) in [6.45, 7) is -0.575. The van der Waals surface area contributed by atoms with Gasteiger partial charge >= 0.3 is 0 Å². The van der Waals surface area contributed by atoms with Crippen LogP contribution < -0.4 is 5.73 Å². The van der Waals surface area contributed by atoms with E-state index in [9.17, 15) is 20.1 Å². The SMILES string of the molecule is NC(=O)[C@H]1O[C@@H](CO)[C@H](O)[C@@H](O)[C@@H]1O. The van der Waals surface area contributed by atoms with Gasteiger partial charge in [-0.25, -0.2) is 0 Å². The van der Waals surface area contributed by atoms with Crippen molar-refractivity contribution in [3.8, 4) is 0 Å². The van der Waals surface area contributed by atoms with Gasteiger partial charge in [0.25, 0.3) is 0 Å². The second-order valence-corrected chi connectivity index (χ2v) is 3.15. The highest BCUT2D eigenvalue weighted by atomic mass is 16.5. The number of carbonyl (C=O) groups is 1. The van der Waals surface area contributed by atoms with Gasteiger partial charge in [-0.05, 0) is 0 Å². The Kier molecular flexibility index (Phi) is 3.40. The Labute approximate surface area is 79.7 Å². The normalized spacial score (nSPS) is 43.6. The minimum atomic E-state index is -1.58. The Morgan fingerprint density at radius 3 is 2.21 bits per heavy atom. The Hall–Kier alpha value is -0.730. The molecule has 0 bridgehead atoms. The van der Waals surface area contributed by atoms with Crippen LogP contribution in [0.5, 0.6) is 0 Å². The largest absolute Gasteiger partial charge is 0.394 e. The number of rotatable bonds is 2. The van der Waals surface area contributed by atoms with Gasteiger partial charge in [0, 0.05) is 0 Å². The van der Waals surface area contributed by atoms with Gasteiger partial charge in [-0.15, -0.1) is 0 Å². The number of hydrogen-bond donors (Lipinski definition) is 5. The summed E-state index contributed by atoms with van der Waals surface area (Å²) in [6, 6.07) is 0. The number of aliphatic hydroxyl groups is 4. The predicted octanol–water partition coefficient (Wildman–Crippen LogP) is -3.69. The number of nitrogens with two attached hydrogens (primary N) is 1. The van der Waals surface area contributed by atoms with Crippen LogP contribution >= 0.6 is 0 Å².